The molecule has 0 spiro atoms. The van der Waals surface area contributed by atoms with E-state index in [4.69, 9.17) is 0 Å². The maximum atomic E-state index is 12.2. The van der Waals surface area contributed by atoms with E-state index in [9.17, 15) is 4.79 Å². The number of rotatable bonds is 4. The van der Waals surface area contributed by atoms with Crippen LogP contribution in [0.1, 0.15) is 49.9 Å². The second-order valence-corrected chi connectivity index (χ2v) is 6.96. The molecule has 116 valence electrons. The van der Waals surface area contributed by atoms with Crippen molar-refractivity contribution in [3.63, 3.8) is 0 Å². The molecule has 1 amide bonds. The van der Waals surface area contributed by atoms with Crippen molar-refractivity contribution in [2.45, 2.75) is 45.6 Å². The van der Waals surface area contributed by atoms with Crippen LogP contribution < -0.4 is 5.32 Å². The number of hydrogen-bond donors (Lipinski definition) is 1. The van der Waals surface area contributed by atoms with E-state index < -0.39 is 0 Å². The number of nitrogens with zero attached hydrogens (tertiary/aromatic N) is 1. The maximum Gasteiger partial charge on any atom is 0.223 e. The molecule has 1 heterocycles. The number of thiazole rings is 1. The molecule has 0 unspecified atom stereocenters. The lowest BCUT2D eigenvalue weighted by Crippen LogP contribution is -2.31. The van der Waals surface area contributed by atoms with E-state index in [0.29, 0.717) is 0 Å². The molecule has 0 radical (unpaired) electrons. The molecule has 3 nitrogen and oxygen atoms in total. The molecule has 1 saturated carbocycles. The zero-order valence-corrected chi connectivity index (χ0v) is 14.0. The summed E-state index contributed by atoms with van der Waals surface area (Å²) in [6, 6.07) is 8.51. The molecule has 1 aliphatic rings. The van der Waals surface area contributed by atoms with Gasteiger partial charge in [-0.1, -0.05) is 37.1 Å². The molecule has 4 heteroatoms. The summed E-state index contributed by atoms with van der Waals surface area (Å²) in [4.78, 5) is 17.7. The number of hydrogen-bond acceptors (Lipinski definition) is 3. The number of nitrogens with one attached hydrogen (secondary N) is 1. The van der Waals surface area contributed by atoms with Crippen LogP contribution in [-0.4, -0.2) is 10.9 Å². The minimum Gasteiger partial charge on any atom is -0.349 e. The second kappa shape index (κ2) is 6.61. The molecule has 1 fully saturated rings. The Morgan fingerprint density at radius 3 is 2.55 bits per heavy atom. The Bertz CT molecular complexity index is 641. The van der Waals surface area contributed by atoms with Crippen molar-refractivity contribution in [3.8, 4) is 10.4 Å². The SMILES string of the molecule is Cc1ncsc1-c1ccc([C@H](C)NC(=O)C2CCCC2)cc1. The Balaban J connectivity index is 1.67. The fraction of sp³-hybridized carbons (Fsp3) is 0.444. The molecule has 2 aromatic rings. The summed E-state index contributed by atoms with van der Waals surface area (Å²) < 4.78 is 0. The molecule has 0 aliphatic heterocycles. The van der Waals surface area contributed by atoms with Gasteiger partial charge in [0.2, 0.25) is 5.91 Å². The van der Waals surface area contributed by atoms with E-state index in [2.05, 4.69) is 41.5 Å². The van der Waals surface area contributed by atoms with E-state index in [1.807, 2.05) is 12.4 Å². The minimum absolute atomic E-state index is 0.0599. The molecule has 0 saturated heterocycles. The van der Waals surface area contributed by atoms with Crippen LogP contribution in [0.2, 0.25) is 0 Å². The van der Waals surface area contributed by atoms with Crippen molar-refractivity contribution in [3.05, 3.63) is 41.0 Å². The third-order valence-electron chi connectivity index (χ3n) is 4.50. The third kappa shape index (κ3) is 3.22. The van der Waals surface area contributed by atoms with Crippen molar-refractivity contribution in [2.24, 2.45) is 5.92 Å². The van der Waals surface area contributed by atoms with Crippen LogP contribution in [0, 0.1) is 12.8 Å². The van der Waals surface area contributed by atoms with Gasteiger partial charge in [0, 0.05) is 5.92 Å². The van der Waals surface area contributed by atoms with E-state index in [-0.39, 0.29) is 17.9 Å². The predicted molar refractivity (Wildman–Crippen MR) is 90.8 cm³/mol. The second-order valence-electron chi connectivity index (χ2n) is 6.10. The van der Waals surface area contributed by atoms with Gasteiger partial charge in [-0.25, -0.2) is 4.98 Å². The standard InChI is InChI=1S/C18H22N2OS/c1-12(20-18(21)16-5-3-4-6-16)14-7-9-15(10-8-14)17-13(2)19-11-22-17/h7-12,16H,3-6H2,1-2H3,(H,20,21)/t12-/m0/s1. The Labute approximate surface area is 135 Å². The molecular formula is C18H22N2OS. The zero-order valence-electron chi connectivity index (χ0n) is 13.1. The molecule has 1 aromatic carbocycles. The predicted octanol–water partition coefficient (Wildman–Crippen LogP) is 4.49. The largest absolute Gasteiger partial charge is 0.349 e. The van der Waals surface area contributed by atoms with Crippen molar-refractivity contribution in [1.82, 2.24) is 10.3 Å². The number of aromatic nitrogens is 1. The number of benzene rings is 1. The first kappa shape index (κ1) is 15.2. The number of aryl methyl sites for hydroxylation is 1. The van der Waals surface area contributed by atoms with Crippen molar-refractivity contribution >= 4 is 17.2 Å². The van der Waals surface area contributed by atoms with Gasteiger partial charge in [0.1, 0.15) is 0 Å². The Kier molecular flexibility index (Phi) is 4.57. The van der Waals surface area contributed by atoms with Gasteiger partial charge in [0.15, 0.2) is 0 Å². The summed E-state index contributed by atoms with van der Waals surface area (Å²) in [6.07, 6.45) is 4.47. The van der Waals surface area contributed by atoms with Crippen molar-refractivity contribution < 1.29 is 4.79 Å². The maximum absolute atomic E-state index is 12.2. The van der Waals surface area contributed by atoms with Crippen LogP contribution in [0.25, 0.3) is 10.4 Å². The topological polar surface area (TPSA) is 42.0 Å². The normalized spacial score (nSPS) is 16.6. The van der Waals surface area contributed by atoms with Crippen LogP contribution in [0.3, 0.4) is 0 Å². The fourth-order valence-corrected chi connectivity index (χ4v) is 3.92. The van der Waals surface area contributed by atoms with Crippen molar-refractivity contribution in [2.75, 3.05) is 0 Å². The van der Waals surface area contributed by atoms with Crippen LogP contribution in [0.5, 0.6) is 0 Å². The number of amides is 1. The van der Waals surface area contributed by atoms with E-state index in [1.165, 1.54) is 23.3 Å². The monoisotopic (exact) mass is 314 g/mol. The summed E-state index contributed by atoms with van der Waals surface area (Å²) in [7, 11) is 0. The van der Waals surface area contributed by atoms with Crippen LogP contribution in [0.4, 0.5) is 0 Å². The first-order chi connectivity index (χ1) is 10.6. The lowest BCUT2D eigenvalue weighted by atomic mass is 10.0. The lowest BCUT2D eigenvalue weighted by molar-refractivity contribution is -0.125. The highest BCUT2D eigenvalue weighted by Gasteiger charge is 2.23. The molecule has 1 atom stereocenters. The highest BCUT2D eigenvalue weighted by atomic mass is 32.1. The van der Waals surface area contributed by atoms with Gasteiger partial charge in [0.25, 0.3) is 0 Å². The molecule has 3 rings (SSSR count). The van der Waals surface area contributed by atoms with Gasteiger partial charge in [-0.05, 0) is 37.8 Å². The van der Waals surface area contributed by atoms with Crippen LogP contribution in [0.15, 0.2) is 29.8 Å². The first-order valence-electron chi connectivity index (χ1n) is 7.96. The minimum atomic E-state index is 0.0599. The van der Waals surface area contributed by atoms with Gasteiger partial charge in [0.05, 0.1) is 22.1 Å². The quantitative estimate of drug-likeness (QED) is 0.903. The molecular weight excluding hydrogens is 292 g/mol. The summed E-state index contributed by atoms with van der Waals surface area (Å²) in [5.74, 6) is 0.439. The van der Waals surface area contributed by atoms with Gasteiger partial charge in [-0.2, -0.15) is 0 Å². The van der Waals surface area contributed by atoms with E-state index in [0.717, 1.165) is 24.1 Å². The Hall–Kier alpha value is -1.68. The van der Waals surface area contributed by atoms with Gasteiger partial charge < -0.3 is 5.32 Å². The number of carbonyl (C=O) groups is 1. The van der Waals surface area contributed by atoms with Crippen LogP contribution >= 0.6 is 11.3 Å². The molecule has 1 aliphatic carbocycles. The smallest absolute Gasteiger partial charge is 0.223 e. The molecule has 1 aromatic heterocycles. The third-order valence-corrected chi connectivity index (χ3v) is 5.48. The summed E-state index contributed by atoms with van der Waals surface area (Å²) in [5.41, 5.74) is 5.29. The van der Waals surface area contributed by atoms with E-state index in [1.54, 1.807) is 11.3 Å². The Morgan fingerprint density at radius 2 is 1.95 bits per heavy atom. The molecule has 1 N–H and O–H groups in total. The molecule has 22 heavy (non-hydrogen) atoms. The fourth-order valence-electron chi connectivity index (χ4n) is 3.10. The van der Waals surface area contributed by atoms with Crippen LogP contribution in [-0.2, 0) is 4.79 Å². The first-order valence-corrected chi connectivity index (χ1v) is 8.84. The highest BCUT2D eigenvalue weighted by Crippen LogP contribution is 2.29. The summed E-state index contributed by atoms with van der Waals surface area (Å²) >= 11 is 1.66. The van der Waals surface area contributed by atoms with Gasteiger partial charge >= 0.3 is 0 Å². The van der Waals surface area contributed by atoms with Gasteiger partial charge in [-0.15, -0.1) is 11.3 Å². The average Bonchev–Trinajstić information content (AvgIpc) is 3.18. The summed E-state index contributed by atoms with van der Waals surface area (Å²) in [5, 5.41) is 3.16. The molecule has 0 bridgehead atoms. The van der Waals surface area contributed by atoms with Gasteiger partial charge in [-0.3, -0.25) is 4.79 Å². The van der Waals surface area contributed by atoms with Crippen molar-refractivity contribution in [1.29, 1.82) is 0 Å². The summed E-state index contributed by atoms with van der Waals surface area (Å²) in [6.45, 7) is 4.09. The number of carbonyl (C=O) groups excluding carboxylic acids is 1. The lowest BCUT2D eigenvalue weighted by Gasteiger charge is -2.17. The zero-order chi connectivity index (χ0) is 15.5. The average molecular weight is 314 g/mol. The highest BCUT2D eigenvalue weighted by molar-refractivity contribution is 7.13. The Morgan fingerprint density at radius 1 is 1.27 bits per heavy atom. The van der Waals surface area contributed by atoms with E-state index >= 15 is 0 Å².